The number of ether oxygens (including phenoxy) is 1. The molecule has 2 atom stereocenters. The van der Waals surface area contributed by atoms with Crippen LogP contribution in [0, 0.1) is 0 Å². The second-order valence-corrected chi connectivity index (χ2v) is 4.44. The van der Waals surface area contributed by atoms with Crippen molar-refractivity contribution in [3.63, 3.8) is 0 Å². The van der Waals surface area contributed by atoms with Gasteiger partial charge in [0.05, 0.1) is 24.4 Å². The van der Waals surface area contributed by atoms with Crippen molar-refractivity contribution in [1.82, 2.24) is 0 Å². The Hall–Kier alpha value is -0.160. The van der Waals surface area contributed by atoms with Crippen LogP contribution in [-0.2, 0) is 4.74 Å². The summed E-state index contributed by atoms with van der Waals surface area (Å²) in [6.45, 7) is 5.52. The zero-order chi connectivity index (χ0) is 11.2. The molecule has 0 radical (unpaired) electrons. The van der Waals surface area contributed by atoms with E-state index in [2.05, 4.69) is 0 Å². The highest BCUT2D eigenvalue weighted by Gasteiger charge is 2.20. The third kappa shape index (κ3) is 7.26. The Morgan fingerprint density at radius 3 is 2.14 bits per heavy atom. The summed E-state index contributed by atoms with van der Waals surface area (Å²) in [4.78, 5) is 0. The summed E-state index contributed by atoms with van der Waals surface area (Å²) in [5, 5.41) is 26.7. The quantitative estimate of drug-likeness (QED) is 0.584. The molecule has 0 spiro atoms. The van der Waals surface area contributed by atoms with Gasteiger partial charge in [0.25, 0.3) is 0 Å². The zero-order valence-electron chi connectivity index (χ0n) is 9.23. The van der Waals surface area contributed by atoms with Crippen molar-refractivity contribution in [1.29, 1.82) is 0 Å². The average Bonchev–Trinajstić information content (AvgIpc) is 2.01. The van der Waals surface area contributed by atoms with Crippen molar-refractivity contribution in [2.24, 2.45) is 0 Å². The Balaban J connectivity index is 4.01. The van der Waals surface area contributed by atoms with E-state index in [4.69, 9.17) is 14.9 Å². The molecule has 86 valence electrons. The largest absolute Gasteiger partial charge is 0.396 e. The van der Waals surface area contributed by atoms with Gasteiger partial charge in [0.2, 0.25) is 0 Å². The monoisotopic (exact) mass is 206 g/mol. The smallest absolute Gasteiger partial charge is 0.0795 e. The first-order valence-corrected chi connectivity index (χ1v) is 4.96. The van der Waals surface area contributed by atoms with Crippen molar-refractivity contribution in [2.45, 2.75) is 51.4 Å². The Bertz CT molecular complexity index is 142. The Morgan fingerprint density at radius 2 is 1.79 bits per heavy atom. The SMILES string of the molecule is CC(C)(C)OC(CCO)CC(O)CO. The lowest BCUT2D eigenvalue weighted by Gasteiger charge is -2.28. The fourth-order valence-corrected chi connectivity index (χ4v) is 1.25. The molecular weight excluding hydrogens is 184 g/mol. The topological polar surface area (TPSA) is 69.9 Å². The maximum Gasteiger partial charge on any atom is 0.0795 e. The van der Waals surface area contributed by atoms with Crippen molar-refractivity contribution in [3.8, 4) is 0 Å². The van der Waals surface area contributed by atoms with Crippen LogP contribution in [0.3, 0.4) is 0 Å². The summed E-state index contributed by atoms with van der Waals surface area (Å²) >= 11 is 0. The fraction of sp³-hybridized carbons (Fsp3) is 1.00. The molecule has 0 bridgehead atoms. The zero-order valence-corrected chi connectivity index (χ0v) is 9.23. The number of rotatable bonds is 6. The lowest BCUT2D eigenvalue weighted by atomic mass is 10.1. The van der Waals surface area contributed by atoms with E-state index in [1.807, 2.05) is 20.8 Å². The van der Waals surface area contributed by atoms with E-state index in [1.54, 1.807) is 0 Å². The second kappa shape index (κ2) is 6.35. The van der Waals surface area contributed by atoms with Gasteiger partial charge in [-0.25, -0.2) is 0 Å². The van der Waals surface area contributed by atoms with E-state index in [0.717, 1.165) is 0 Å². The number of hydrogen-bond acceptors (Lipinski definition) is 4. The molecule has 4 nitrogen and oxygen atoms in total. The normalized spacial score (nSPS) is 16.7. The lowest BCUT2D eigenvalue weighted by molar-refractivity contribution is -0.0877. The summed E-state index contributed by atoms with van der Waals surface area (Å²) < 4.78 is 5.62. The number of aliphatic hydroxyl groups excluding tert-OH is 3. The third-order valence-corrected chi connectivity index (χ3v) is 1.72. The second-order valence-electron chi connectivity index (χ2n) is 4.44. The standard InChI is InChI=1S/C10H22O4/c1-10(2,3)14-9(4-5-11)6-8(13)7-12/h8-9,11-13H,4-7H2,1-3H3. The highest BCUT2D eigenvalue weighted by Crippen LogP contribution is 2.16. The molecule has 4 heteroatoms. The molecule has 0 saturated carbocycles. The van der Waals surface area contributed by atoms with Crippen LogP contribution in [-0.4, -0.2) is 46.3 Å². The lowest BCUT2D eigenvalue weighted by Crippen LogP contribution is -2.32. The minimum Gasteiger partial charge on any atom is -0.396 e. The average molecular weight is 206 g/mol. The predicted molar refractivity (Wildman–Crippen MR) is 54.0 cm³/mol. The minimum absolute atomic E-state index is 0.0267. The Labute approximate surface area is 85.5 Å². The van der Waals surface area contributed by atoms with Crippen LogP contribution in [0.4, 0.5) is 0 Å². The highest BCUT2D eigenvalue weighted by atomic mass is 16.5. The predicted octanol–water partition coefficient (Wildman–Crippen LogP) is 0.296. The van der Waals surface area contributed by atoms with E-state index in [9.17, 15) is 5.11 Å². The molecular formula is C10H22O4. The van der Waals surface area contributed by atoms with Crippen LogP contribution < -0.4 is 0 Å². The Kier molecular flexibility index (Phi) is 6.27. The van der Waals surface area contributed by atoms with Crippen LogP contribution >= 0.6 is 0 Å². The van der Waals surface area contributed by atoms with E-state index in [1.165, 1.54) is 0 Å². The molecule has 0 aromatic carbocycles. The molecule has 0 aromatic rings. The molecule has 3 N–H and O–H groups in total. The number of aliphatic hydroxyl groups is 3. The highest BCUT2D eigenvalue weighted by molar-refractivity contribution is 4.69. The summed E-state index contributed by atoms with van der Waals surface area (Å²) in [5.74, 6) is 0. The van der Waals surface area contributed by atoms with Crippen LogP contribution in [0.25, 0.3) is 0 Å². The van der Waals surface area contributed by atoms with Gasteiger partial charge in [-0.3, -0.25) is 0 Å². The first-order chi connectivity index (χ1) is 6.39. The van der Waals surface area contributed by atoms with Crippen LogP contribution in [0.15, 0.2) is 0 Å². The van der Waals surface area contributed by atoms with E-state index < -0.39 is 6.10 Å². The first kappa shape index (κ1) is 13.8. The van der Waals surface area contributed by atoms with E-state index in [0.29, 0.717) is 12.8 Å². The minimum atomic E-state index is -0.770. The molecule has 0 fully saturated rings. The van der Waals surface area contributed by atoms with E-state index >= 15 is 0 Å². The molecule has 0 saturated heterocycles. The van der Waals surface area contributed by atoms with Gasteiger partial charge < -0.3 is 20.1 Å². The molecule has 0 aromatic heterocycles. The summed E-state index contributed by atoms with van der Waals surface area (Å²) in [6, 6.07) is 0. The van der Waals surface area contributed by atoms with Gasteiger partial charge in [-0.2, -0.15) is 0 Å². The molecule has 2 unspecified atom stereocenters. The first-order valence-electron chi connectivity index (χ1n) is 4.96. The van der Waals surface area contributed by atoms with Gasteiger partial charge in [-0.1, -0.05) is 0 Å². The van der Waals surface area contributed by atoms with Gasteiger partial charge in [-0.15, -0.1) is 0 Å². The molecule has 0 rings (SSSR count). The van der Waals surface area contributed by atoms with Gasteiger partial charge in [0, 0.05) is 13.0 Å². The maximum absolute atomic E-state index is 9.24. The van der Waals surface area contributed by atoms with Crippen molar-refractivity contribution >= 4 is 0 Å². The number of hydrogen-bond donors (Lipinski definition) is 3. The van der Waals surface area contributed by atoms with Crippen LogP contribution in [0.5, 0.6) is 0 Å². The van der Waals surface area contributed by atoms with Gasteiger partial charge in [0.15, 0.2) is 0 Å². The maximum atomic E-state index is 9.24. The van der Waals surface area contributed by atoms with Crippen molar-refractivity contribution < 1.29 is 20.1 Å². The Morgan fingerprint density at radius 1 is 1.21 bits per heavy atom. The molecule has 0 aliphatic rings. The molecule has 14 heavy (non-hydrogen) atoms. The van der Waals surface area contributed by atoms with E-state index in [-0.39, 0.29) is 24.9 Å². The van der Waals surface area contributed by atoms with Gasteiger partial charge >= 0.3 is 0 Å². The summed E-state index contributed by atoms with van der Waals surface area (Å²) in [5.41, 5.74) is -0.297. The van der Waals surface area contributed by atoms with Crippen LogP contribution in [0.2, 0.25) is 0 Å². The molecule has 0 aliphatic heterocycles. The molecule has 0 aliphatic carbocycles. The van der Waals surface area contributed by atoms with Crippen molar-refractivity contribution in [3.05, 3.63) is 0 Å². The fourth-order valence-electron chi connectivity index (χ4n) is 1.25. The van der Waals surface area contributed by atoms with Crippen LogP contribution in [0.1, 0.15) is 33.6 Å². The summed E-state index contributed by atoms with van der Waals surface area (Å²) in [6.07, 6.45) is -0.140. The third-order valence-electron chi connectivity index (χ3n) is 1.72. The summed E-state index contributed by atoms with van der Waals surface area (Å²) in [7, 11) is 0. The van der Waals surface area contributed by atoms with Crippen molar-refractivity contribution in [2.75, 3.05) is 13.2 Å². The molecule has 0 amide bonds. The molecule has 0 heterocycles. The van der Waals surface area contributed by atoms with Gasteiger partial charge in [-0.05, 0) is 27.2 Å². The van der Waals surface area contributed by atoms with Gasteiger partial charge in [0.1, 0.15) is 0 Å².